The summed E-state index contributed by atoms with van der Waals surface area (Å²) in [5.74, 6) is 0. The van der Waals surface area contributed by atoms with Gasteiger partial charge in [0.25, 0.3) is 6.43 Å². The predicted molar refractivity (Wildman–Crippen MR) is 70.6 cm³/mol. The highest BCUT2D eigenvalue weighted by Gasteiger charge is 2.17. The molecule has 0 saturated carbocycles. The van der Waals surface area contributed by atoms with Gasteiger partial charge in [-0.1, -0.05) is 6.07 Å². The molecular formula is C12H16F2N2O3S. The molecular weight excluding hydrogens is 290 g/mol. The summed E-state index contributed by atoms with van der Waals surface area (Å²) in [5.41, 5.74) is 1.91. The number of rotatable bonds is 7. The van der Waals surface area contributed by atoms with Gasteiger partial charge in [0.1, 0.15) is 6.61 Å². The van der Waals surface area contributed by atoms with Crippen molar-refractivity contribution in [3.63, 3.8) is 0 Å². The van der Waals surface area contributed by atoms with Gasteiger partial charge in [-0.05, 0) is 24.1 Å². The summed E-state index contributed by atoms with van der Waals surface area (Å²) in [6.45, 7) is -0.0233. The number of hydrogen-bond acceptors (Lipinski definition) is 4. The molecule has 1 heterocycles. The first-order chi connectivity index (χ1) is 9.49. The number of benzene rings is 1. The van der Waals surface area contributed by atoms with Crippen LogP contribution >= 0.6 is 0 Å². The number of halogens is 2. The van der Waals surface area contributed by atoms with Crippen LogP contribution in [0.5, 0.6) is 0 Å². The Morgan fingerprint density at radius 3 is 2.95 bits per heavy atom. The van der Waals surface area contributed by atoms with Crippen molar-refractivity contribution in [2.24, 2.45) is 0 Å². The number of nitrogens with one attached hydrogen (secondary N) is 2. The fraction of sp³-hybridized carbons (Fsp3) is 0.500. The number of fused-ring (bicyclic) bond motifs is 1. The first-order valence-electron chi connectivity index (χ1n) is 6.21. The molecule has 0 atom stereocenters. The first-order valence-corrected chi connectivity index (χ1v) is 7.70. The molecule has 2 rings (SSSR count). The van der Waals surface area contributed by atoms with E-state index in [-0.39, 0.29) is 18.0 Å². The van der Waals surface area contributed by atoms with Gasteiger partial charge in [0.05, 0.1) is 11.5 Å². The Morgan fingerprint density at radius 1 is 1.40 bits per heavy atom. The zero-order valence-corrected chi connectivity index (χ0v) is 11.6. The lowest BCUT2D eigenvalue weighted by Crippen LogP contribution is -2.28. The average Bonchev–Trinajstić information content (AvgIpc) is 2.85. The molecule has 1 aromatic rings. The molecule has 8 heteroatoms. The lowest BCUT2D eigenvalue weighted by molar-refractivity contribution is 0.0199. The van der Waals surface area contributed by atoms with Gasteiger partial charge < -0.3 is 10.1 Å². The number of sulfonamides is 1. The Labute approximate surface area is 116 Å². The highest BCUT2D eigenvalue weighted by atomic mass is 32.2. The normalized spacial score (nSPS) is 14.3. The second kappa shape index (κ2) is 6.47. The van der Waals surface area contributed by atoms with E-state index in [9.17, 15) is 17.2 Å². The van der Waals surface area contributed by atoms with E-state index in [2.05, 4.69) is 14.8 Å². The Balaban J connectivity index is 1.90. The average molecular weight is 306 g/mol. The molecule has 0 aliphatic carbocycles. The van der Waals surface area contributed by atoms with Crippen molar-refractivity contribution in [1.29, 1.82) is 0 Å². The van der Waals surface area contributed by atoms with E-state index in [1.54, 1.807) is 12.1 Å². The van der Waals surface area contributed by atoms with Crippen molar-refractivity contribution in [2.45, 2.75) is 17.7 Å². The number of anilines is 1. The molecule has 2 N–H and O–H groups in total. The molecule has 0 saturated heterocycles. The summed E-state index contributed by atoms with van der Waals surface area (Å²) in [6, 6.07) is 4.88. The Hall–Kier alpha value is -1.25. The lowest BCUT2D eigenvalue weighted by atomic mass is 10.2. The predicted octanol–water partition coefficient (Wildman–Crippen LogP) is 1.21. The van der Waals surface area contributed by atoms with Gasteiger partial charge in [-0.15, -0.1) is 0 Å². The van der Waals surface area contributed by atoms with Crippen LogP contribution in [0.1, 0.15) is 5.56 Å². The van der Waals surface area contributed by atoms with Crippen molar-refractivity contribution in [1.82, 2.24) is 4.72 Å². The summed E-state index contributed by atoms with van der Waals surface area (Å²) < 4.78 is 54.5. The van der Waals surface area contributed by atoms with Gasteiger partial charge in [-0.25, -0.2) is 21.9 Å². The minimum absolute atomic E-state index is 0.0421. The second-order valence-electron chi connectivity index (χ2n) is 4.36. The molecule has 1 aliphatic heterocycles. The smallest absolute Gasteiger partial charge is 0.261 e. The molecule has 1 aromatic carbocycles. The third-order valence-electron chi connectivity index (χ3n) is 2.88. The maximum atomic E-state index is 12.0. The maximum absolute atomic E-state index is 12.0. The van der Waals surface area contributed by atoms with Crippen LogP contribution in [-0.4, -0.2) is 41.1 Å². The standard InChI is InChI=1S/C12H16F2N2O3S/c13-12(14)8-19-6-5-16-20(17,18)10-2-1-9-3-4-15-11(9)7-10/h1-2,7,12,15-16H,3-6,8H2. The lowest BCUT2D eigenvalue weighted by Gasteiger charge is -2.09. The summed E-state index contributed by atoms with van der Waals surface area (Å²) >= 11 is 0. The molecule has 0 bridgehead atoms. The van der Waals surface area contributed by atoms with E-state index >= 15 is 0 Å². The molecule has 0 aromatic heterocycles. The van der Waals surface area contributed by atoms with E-state index < -0.39 is 23.1 Å². The highest BCUT2D eigenvalue weighted by molar-refractivity contribution is 7.89. The maximum Gasteiger partial charge on any atom is 0.261 e. The van der Waals surface area contributed by atoms with Crippen molar-refractivity contribution in [3.05, 3.63) is 23.8 Å². The number of alkyl halides is 2. The van der Waals surface area contributed by atoms with Crippen LogP contribution in [0.15, 0.2) is 23.1 Å². The summed E-state index contributed by atoms with van der Waals surface area (Å²) in [5, 5.41) is 3.10. The highest BCUT2D eigenvalue weighted by Crippen LogP contribution is 2.25. The largest absolute Gasteiger partial charge is 0.384 e. The topological polar surface area (TPSA) is 67.4 Å². The third-order valence-corrected chi connectivity index (χ3v) is 4.34. The minimum atomic E-state index is -3.64. The van der Waals surface area contributed by atoms with Gasteiger partial charge in [-0.3, -0.25) is 0 Å². The quantitative estimate of drug-likeness (QED) is 0.743. The van der Waals surface area contributed by atoms with E-state index in [1.165, 1.54) is 6.07 Å². The molecule has 0 amide bonds. The summed E-state index contributed by atoms with van der Waals surface area (Å²) in [7, 11) is -3.64. The zero-order valence-electron chi connectivity index (χ0n) is 10.7. The zero-order chi connectivity index (χ0) is 14.6. The van der Waals surface area contributed by atoms with E-state index in [1.807, 2.05) is 0 Å². The Bertz CT molecular complexity index is 564. The van der Waals surface area contributed by atoms with Crippen molar-refractivity contribution in [2.75, 3.05) is 31.6 Å². The molecule has 5 nitrogen and oxygen atoms in total. The van der Waals surface area contributed by atoms with Gasteiger partial charge in [0, 0.05) is 18.8 Å². The molecule has 0 radical (unpaired) electrons. The summed E-state index contributed by atoms with van der Waals surface area (Å²) in [4.78, 5) is 0.152. The Morgan fingerprint density at radius 2 is 2.20 bits per heavy atom. The summed E-state index contributed by atoms with van der Waals surface area (Å²) in [6.07, 6.45) is -1.67. The van der Waals surface area contributed by atoms with Crippen LogP contribution < -0.4 is 10.0 Å². The van der Waals surface area contributed by atoms with E-state index in [0.29, 0.717) is 0 Å². The van der Waals surface area contributed by atoms with E-state index in [4.69, 9.17) is 0 Å². The fourth-order valence-corrected chi connectivity index (χ4v) is 2.98. The second-order valence-corrected chi connectivity index (χ2v) is 6.13. The van der Waals surface area contributed by atoms with Crippen LogP contribution in [0.25, 0.3) is 0 Å². The van der Waals surface area contributed by atoms with Gasteiger partial charge in [0.15, 0.2) is 0 Å². The van der Waals surface area contributed by atoms with Gasteiger partial charge in [-0.2, -0.15) is 0 Å². The molecule has 0 fully saturated rings. The molecule has 0 unspecified atom stereocenters. The minimum Gasteiger partial charge on any atom is -0.384 e. The van der Waals surface area contributed by atoms with Crippen LogP contribution in [-0.2, 0) is 21.2 Å². The van der Waals surface area contributed by atoms with Crippen LogP contribution in [0, 0.1) is 0 Å². The molecule has 112 valence electrons. The number of hydrogen-bond donors (Lipinski definition) is 2. The molecule has 1 aliphatic rings. The fourth-order valence-electron chi connectivity index (χ4n) is 1.94. The van der Waals surface area contributed by atoms with Crippen LogP contribution in [0.4, 0.5) is 14.5 Å². The van der Waals surface area contributed by atoms with Gasteiger partial charge >= 0.3 is 0 Å². The van der Waals surface area contributed by atoms with Crippen molar-refractivity contribution >= 4 is 15.7 Å². The van der Waals surface area contributed by atoms with Crippen molar-refractivity contribution in [3.8, 4) is 0 Å². The third kappa shape index (κ3) is 3.87. The SMILES string of the molecule is O=S(=O)(NCCOCC(F)F)c1ccc2c(c1)NCC2. The number of ether oxygens (including phenoxy) is 1. The van der Waals surface area contributed by atoms with Crippen LogP contribution in [0.2, 0.25) is 0 Å². The van der Waals surface area contributed by atoms with Crippen LogP contribution in [0.3, 0.4) is 0 Å². The molecule has 0 spiro atoms. The van der Waals surface area contributed by atoms with Crippen molar-refractivity contribution < 1.29 is 21.9 Å². The van der Waals surface area contributed by atoms with E-state index in [0.717, 1.165) is 24.2 Å². The molecule has 20 heavy (non-hydrogen) atoms. The Kier molecular flexibility index (Phi) is 4.90. The first kappa shape index (κ1) is 15.1. The monoisotopic (exact) mass is 306 g/mol. The van der Waals surface area contributed by atoms with Gasteiger partial charge in [0.2, 0.25) is 10.0 Å².